The molecule has 0 spiro atoms. The topological polar surface area (TPSA) is 51.8 Å². The number of hydrogen-bond donors (Lipinski definition) is 1. The normalized spacial score (nSPS) is 10.4. The number of rotatable bonds is 3. The predicted molar refractivity (Wildman–Crippen MR) is 57.0 cm³/mol. The van der Waals surface area contributed by atoms with Gasteiger partial charge in [0.05, 0.1) is 0 Å². The number of aromatic nitrogens is 2. The molecule has 0 aliphatic carbocycles. The van der Waals surface area contributed by atoms with E-state index in [9.17, 15) is 0 Å². The maximum Gasteiger partial charge on any atom is 0.189 e. The zero-order chi connectivity index (χ0) is 9.84. The molecule has 0 bridgehead atoms. The minimum absolute atomic E-state index is 0.631. The second-order valence-electron chi connectivity index (χ2n) is 2.74. The molecule has 2 N–H and O–H groups in total. The van der Waals surface area contributed by atoms with Gasteiger partial charge in [0.15, 0.2) is 5.16 Å². The SMILES string of the molecule is CCSc1nc(C)c(CC)c(N)n1. The monoisotopic (exact) mass is 197 g/mol. The van der Waals surface area contributed by atoms with Gasteiger partial charge in [-0.2, -0.15) is 0 Å². The molecule has 0 saturated heterocycles. The van der Waals surface area contributed by atoms with Gasteiger partial charge in [-0.1, -0.05) is 25.6 Å². The molecule has 0 amide bonds. The van der Waals surface area contributed by atoms with E-state index < -0.39 is 0 Å². The fraction of sp³-hybridized carbons (Fsp3) is 0.556. The van der Waals surface area contributed by atoms with Crippen molar-refractivity contribution < 1.29 is 0 Å². The van der Waals surface area contributed by atoms with Crippen LogP contribution in [0.25, 0.3) is 0 Å². The fourth-order valence-electron chi connectivity index (χ4n) is 1.22. The minimum atomic E-state index is 0.631. The van der Waals surface area contributed by atoms with Crippen LogP contribution in [0.4, 0.5) is 5.82 Å². The van der Waals surface area contributed by atoms with Gasteiger partial charge in [0.2, 0.25) is 0 Å². The molecule has 0 saturated carbocycles. The lowest BCUT2D eigenvalue weighted by atomic mass is 10.2. The van der Waals surface area contributed by atoms with Crippen molar-refractivity contribution in [3.05, 3.63) is 11.3 Å². The number of hydrogen-bond acceptors (Lipinski definition) is 4. The quantitative estimate of drug-likeness (QED) is 0.595. The molecule has 0 aliphatic heterocycles. The molecular formula is C9H15N3S. The van der Waals surface area contributed by atoms with Crippen LogP contribution in [-0.2, 0) is 6.42 Å². The lowest BCUT2D eigenvalue weighted by molar-refractivity contribution is 0.898. The zero-order valence-electron chi connectivity index (χ0n) is 8.29. The third-order valence-corrected chi connectivity index (χ3v) is 2.58. The number of nitrogens with zero attached hydrogens (tertiary/aromatic N) is 2. The van der Waals surface area contributed by atoms with Gasteiger partial charge in [-0.3, -0.25) is 0 Å². The molecular weight excluding hydrogens is 182 g/mol. The Bertz CT molecular complexity index is 276. The number of aryl methyl sites for hydroxylation is 1. The molecule has 0 atom stereocenters. The summed E-state index contributed by atoms with van der Waals surface area (Å²) < 4.78 is 0. The van der Waals surface area contributed by atoms with Crippen LogP contribution in [0.5, 0.6) is 0 Å². The molecule has 72 valence electrons. The van der Waals surface area contributed by atoms with Crippen molar-refractivity contribution in [2.24, 2.45) is 0 Å². The Morgan fingerprint density at radius 3 is 2.46 bits per heavy atom. The summed E-state index contributed by atoms with van der Waals surface area (Å²) in [6.07, 6.45) is 0.898. The standard InChI is InChI=1S/C9H15N3S/c1-4-7-6(3)11-9(13-5-2)12-8(7)10/h4-5H2,1-3H3,(H2,10,11,12). The first-order chi connectivity index (χ1) is 6.19. The van der Waals surface area contributed by atoms with Gasteiger partial charge in [-0.15, -0.1) is 0 Å². The first-order valence-electron chi connectivity index (χ1n) is 4.44. The summed E-state index contributed by atoms with van der Waals surface area (Å²) in [5.41, 5.74) is 7.87. The maximum atomic E-state index is 5.80. The highest BCUT2D eigenvalue weighted by atomic mass is 32.2. The summed E-state index contributed by atoms with van der Waals surface area (Å²) in [6.45, 7) is 6.12. The number of nitrogens with two attached hydrogens (primary N) is 1. The Hall–Kier alpha value is -0.770. The average Bonchev–Trinajstić information content (AvgIpc) is 2.04. The third kappa shape index (κ3) is 2.34. The van der Waals surface area contributed by atoms with E-state index in [1.807, 2.05) is 6.92 Å². The van der Waals surface area contributed by atoms with E-state index in [1.54, 1.807) is 11.8 Å². The average molecular weight is 197 g/mol. The van der Waals surface area contributed by atoms with Gasteiger partial charge in [0.1, 0.15) is 5.82 Å². The van der Waals surface area contributed by atoms with E-state index in [1.165, 1.54) is 0 Å². The predicted octanol–water partition coefficient (Wildman–Crippen LogP) is 2.04. The molecule has 1 heterocycles. The highest BCUT2D eigenvalue weighted by molar-refractivity contribution is 7.99. The molecule has 0 aliphatic rings. The second-order valence-corrected chi connectivity index (χ2v) is 3.97. The first-order valence-corrected chi connectivity index (χ1v) is 5.43. The minimum Gasteiger partial charge on any atom is -0.383 e. The summed E-state index contributed by atoms with van der Waals surface area (Å²) in [5, 5.41) is 0.787. The Balaban J connectivity index is 3.05. The zero-order valence-corrected chi connectivity index (χ0v) is 9.11. The molecule has 0 unspecified atom stereocenters. The Labute approximate surface area is 83.2 Å². The van der Waals surface area contributed by atoms with Crippen LogP contribution < -0.4 is 5.73 Å². The van der Waals surface area contributed by atoms with Crippen LogP contribution in [0.2, 0.25) is 0 Å². The summed E-state index contributed by atoms with van der Waals surface area (Å²) in [7, 11) is 0. The molecule has 0 fully saturated rings. The van der Waals surface area contributed by atoms with E-state index in [0.29, 0.717) is 5.82 Å². The molecule has 0 radical (unpaired) electrons. The third-order valence-electron chi connectivity index (χ3n) is 1.85. The van der Waals surface area contributed by atoms with Crippen molar-refractivity contribution in [2.75, 3.05) is 11.5 Å². The van der Waals surface area contributed by atoms with Crippen LogP contribution in [-0.4, -0.2) is 15.7 Å². The van der Waals surface area contributed by atoms with Gasteiger partial charge >= 0.3 is 0 Å². The lowest BCUT2D eigenvalue weighted by Crippen LogP contribution is -2.03. The van der Waals surface area contributed by atoms with Gasteiger partial charge in [0, 0.05) is 11.3 Å². The second kappa shape index (κ2) is 4.46. The van der Waals surface area contributed by atoms with Crippen molar-refractivity contribution in [2.45, 2.75) is 32.3 Å². The van der Waals surface area contributed by atoms with E-state index in [2.05, 4.69) is 23.8 Å². The van der Waals surface area contributed by atoms with Crippen molar-refractivity contribution in [1.82, 2.24) is 9.97 Å². The van der Waals surface area contributed by atoms with Gasteiger partial charge in [-0.25, -0.2) is 9.97 Å². The van der Waals surface area contributed by atoms with Crippen molar-refractivity contribution >= 4 is 17.6 Å². The smallest absolute Gasteiger partial charge is 0.189 e. The fourth-order valence-corrected chi connectivity index (χ4v) is 1.84. The molecule has 1 aromatic heterocycles. The van der Waals surface area contributed by atoms with Crippen LogP contribution in [0.1, 0.15) is 25.1 Å². The highest BCUT2D eigenvalue weighted by Crippen LogP contribution is 2.19. The van der Waals surface area contributed by atoms with E-state index in [-0.39, 0.29) is 0 Å². The number of anilines is 1. The molecule has 1 aromatic rings. The summed E-state index contributed by atoms with van der Waals surface area (Å²) >= 11 is 1.62. The molecule has 13 heavy (non-hydrogen) atoms. The summed E-state index contributed by atoms with van der Waals surface area (Å²) in [5.74, 6) is 1.61. The Morgan fingerprint density at radius 2 is 2.00 bits per heavy atom. The van der Waals surface area contributed by atoms with Crippen molar-refractivity contribution in [3.8, 4) is 0 Å². The van der Waals surface area contributed by atoms with Crippen molar-refractivity contribution in [3.63, 3.8) is 0 Å². The van der Waals surface area contributed by atoms with Crippen molar-refractivity contribution in [1.29, 1.82) is 0 Å². The molecule has 3 nitrogen and oxygen atoms in total. The Morgan fingerprint density at radius 1 is 1.31 bits per heavy atom. The van der Waals surface area contributed by atoms with Gasteiger partial charge in [0.25, 0.3) is 0 Å². The summed E-state index contributed by atoms with van der Waals surface area (Å²) in [6, 6.07) is 0. The first kappa shape index (κ1) is 10.3. The van der Waals surface area contributed by atoms with E-state index in [4.69, 9.17) is 5.73 Å². The Kier molecular flexibility index (Phi) is 3.54. The largest absolute Gasteiger partial charge is 0.383 e. The van der Waals surface area contributed by atoms with Crippen LogP contribution in [0.3, 0.4) is 0 Å². The molecule has 0 aromatic carbocycles. The lowest BCUT2D eigenvalue weighted by Gasteiger charge is -2.07. The van der Waals surface area contributed by atoms with Crippen LogP contribution >= 0.6 is 11.8 Å². The summed E-state index contributed by atoms with van der Waals surface area (Å²) in [4.78, 5) is 8.59. The van der Waals surface area contributed by atoms with Crippen LogP contribution in [0.15, 0.2) is 5.16 Å². The molecule has 1 rings (SSSR count). The van der Waals surface area contributed by atoms with Crippen LogP contribution in [0, 0.1) is 6.92 Å². The molecule has 4 heteroatoms. The van der Waals surface area contributed by atoms with Gasteiger partial charge < -0.3 is 5.73 Å². The van der Waals surface area contributed by atoms with Gasteiger partial charge in [-0.05, 0) is 19.1 Å². The van der Waals surface area contributed by atoms with E-state index in [0.717, 1.165) is 28.6 Å². The number of thioether (sulfide) groups is 1. The number of nitrogen functional groups attached to an aromatic ring is 1. The highest BCUT2D eigenvalue weighted by Gasteiger charge is 2.06. The maximum absolute atomic E-state index is 5.80. The van der Waals surface area contributed by atoms with E-state index >= 15 is 0 Å².